The van der Waals surface area contributed by atoms with E-state index in [1.807, 2.05) is 0 Å². The van der Waals surface area contributed by atoms with Crippen LogP contribution in [0.1, 0.15) is 32.3 Å². The van der Waals surface area contributed by atoms with E-state index in [0.29, 0.717) is 17.9 Å². The van der Waals surface area contributed by atoms with Gasteiger partial charge < -0.3 is 14.5 Å². The maximum Gasteiger partial charge on any atom is 0.119 e. The first kappa shape index (κ1) is 24.1. The summed E-state index contributed by atoms with van der Waals surface area (Å²) in [5.74, 6) is 2.08. The lowest BCUT2D eigenvalue weighted by atomic mass is 9.95. The predicted octanol–water partition coefficient (Wildman–Crippen LogP) is 7.77. The molecule has 3 unspecified atom stereocenters. The zero-order valence-electron chi connectivity index (χ0n) is 21.2. The van der Waals surface area contributed by atoms with Crippen LogP contribution in [0.4, 0.5) is 17.1 Å². The number of anilines is 3. The molecule has 1 saturated carbocycles. The highest BCUT2D eigenvalue weighted by atomic mass is 16.5. The van der Waals surface area contributed by atoms with Crippen LogP contribution in [0, 0.1) is 18.8 Å². The monoisotopic (exact) mass is 454 g/mol. The number of benzene rings is 3. The zero-order chi connectivity index (χ0) is 24.1. The summed E-state index contributed by atoms with van der Waals surface area (Å²) in [5.41, 5.74) is 6.07. The Morgan fingerprint density at radius 3 is 2.18 bits per heavy atom. The van der Waals surface area contributed by atoms with E-state index in [0.717, 1.165) is 29.4 Å². The van der Waals surface area contributed by atoms with Crippen molar-refractivity contribution in [3.05, 3.63) is 96.1 Å². The van der Waals surface area contributed by atoms with Gasteiger partial charge in [0.2, 0.25) is 0 Å². The Bertz CT molecular complexity index is 1080. The number of nitrogens with zero attached hydrogens (tertiary/aromatic N) is 2. The molecule has 0 amide bonds. The van der Waals surface area contributed by atoms with Crippen molar-refractivity contribution in [1.82, 2.24) is 4.90 Å². The fraction of sp³-hybridized carbons (Fsp3) is 0.355. The van der Waals surface area contributed by atoms with Gasteiger partial charge in [0.1, 0.15) is 5.75 Å². The highest BCUT2D eigenvalue weighted by Gasteiger charge is 2.34. The van der Waals surface area contributed by atoms with Crippen molar-refractivity contribution in [3.63, 3.8) is 0 Å². The fourth-order valence-corrected chi connectivity index (χ4v) is 5.06. The van der Waals surface area contributed by atoms with Crippen LogP contribution in [-0.2, 0) is 0 Å². The summed E-state index contributed by atoms with van der Waals surface area (Å²) < 4.78 is 6.33. The van der Waals surface area contributed by atoms with Gasteiger partial charge in [-0.3, -0.25) is 0 Å². The molecule has 178 valence electrons. The van der Waals surface area contributed by atoms with Gasteiger partial charge >= 0.3 is 0 Å². The molecule has 1 aliphatic carbocycles. The summed E-state index contributed by atoms with van der Waals surface area (Å²) in [6.45, 7) is 7.30. The number of hydrogen-bond acceptors (Lipinski definition) is 3. The lowest BCUT2D eigenvalue weighted by molar-refractivity contribution is 0.222. The number of hydrogen-bond donors (Lipinski definition) is 0. The summed E-state index contributed by atoms with van der Waals surface area (Å²) in [6, 6.07) is 28.3. The first-order valence-electron chi connectivity index (χ1n) is 12.4. The third kappa shape index (κ3) is 5.90. The highest BCUT2D eigenvalue weighted by Crippen LogP contribution is 2.38. The molecule has 3 nitrogen and oxygen atoms in total. The summed E-state index contributed by atoms with van der Waals surface area (Å²) in [7, 11) is 4.39. The van der Waals surface area contributed by atoms with Gasteiger partial charge in [-0.05, 0) is 108 Å². The fourth-order valence-electron chi connectivity index (χ4n) is 5.06. The first-order valence-corrected chi connectivity index (χ1v) is 12.4. The smallest absolute Gasteiger partial charge is 0.119 e. The number of rotatable bonds is 8. The molecule has 0 saturated heterocycles. The molecule has 3 aromatic rings. The summed E-state index contributed by atoms with van der Waals surface area (Å²) >= 11 is 0. The molecule has 0 radical (unpaired) electrons. The molecular weight excluding hydrogens is 416 g/mol. The molecule has 0 aromatic heterocycles. The van der Waals surface area contributed by atoms with E-state index in [-0.39, 0.29) is 0 Å². The van der Waals surface area contributed by atoms with Crippen molar-refractivity contribution in [3.8, 4) is 5.75 Å². The molecule has 0 bridgehead atoms. The molecule has 0 heterocycles. The lowest BCUT2D eigenvalue weighted by Gasteiger charge is -2.26. The molecule has 3 atom stereocenters. The van der Waals surface area contributed by atoms with E-state index in [2.05, 4.69) is 130 Å². The lowest BCUT2D eigenvalue weighted by Crippen LogP contribution is -2.25. The normalized spacial score (nSPS) is 19.8. The summed E-state index contributed by atoms with van der Waals surface area (Å²) in [6.07, 6.45) is 4.85. The van der Waals surface area contributed by atoms with E-state index in [1.165, 1.54) is 24.0 Å². The molecule has 4 rings (SSSR count). The third-order valence-corrected chi connectivity index (χ3v) is 6.84. The van der Waals surface area contributed by atoms with Crippen LogP contribution in [0.3, 0.4) is 0 Å². The van der Waals surface area contributed by atoms with Gasteiger partial charge in [-0.1, -0.05) is 42.0 Å². The maximum absolute atomic E-state index is 6.33. The molecule has 0 aliphatic heterocycles. The second-order valence-electron chi connectivity index (χ2n) is 10.1. The van der Waals surface area contributed by atoms with E-state index in [9.17, 15) is 0 Å². The minimum atomic E-state index is 0.551. The first-order chi connectivity index (χ1) is 16.4. The Morgan fingerprint density at radius 1 is 0.853 bits per heavy atom. The largest absolute Gasteiger partial charge is 0.493 e. The van der Waals surface area contributed by atoms with Crippen LogP contribution in [0.15, 0.2) is 90.5 Å². The average molecular weight is 455 g/mol. The predicted molar refractivity (Wildman–Crippen MR) is 144 cm³/mol. The molecule has 3 heteroatoms. The minimum absolute atomic E-state index is 0.551. The zero-order valence-corrected chi connectivity index (χ0v) is 21.2. The molecule has 1 fully saturated rings. The Balaban J connectivity index is 1.51. The van der Waals surface area contributed by atoms with E-state index in [4.69, 9.17) is 4.74 Å². The highest BCUT2D eigenvalue weighted by molar-refractivity contribution is 5.76. The standard InChI is InChI=1S/C31H38N2O/c1-23(2)18-25-20-30(32(4)5)21-26(25)22-34-31-16-14-28(15-17-31)33(27-11-7-6-8-12-27)29-13-9-10-24(3)19-29/h6-19,25-26,30H,20-22H2,1-5H3. The van der Waals surface area contributed by atoms with Crippen molar-refractivity contribution in [2.24, 2.45) is 11.8 Å². The second kappa shape index (κ2) is 10.9. The number of ether oxygens (including phenoxy) is 1. The van der Waals surface area contributed by atoms with Gasteiger partial charge in [-0.2, -0.15) is 0 Å². The van der Waals surface area contributed by atoms with E-state index in [1.54, 1.807) is 0 Å². The van der Waals surface area contributed by atoms with E-state index < -0.39 is 0 Å². The van der Waals surface area contributed by atoms with Crippen molar-refractivity contribution in [1.29, 1.82) is 0 Å². The van der Waals surface area contributed by atoms with Crippen LogP contribution >= 0.6 is 0 Å². The van der Waals surface area contributed by atoms with Gasteiger partial charge in [0, 0.05) is 29.0 Å². The van der Waals surface area contributed by atoms with Gasteiger partial charge in [0.25, 0.3) is 0 Å². The molecule has 3 aromatic carbocycles. The summed E-state index contributed by atoms with van der Waals surface area (Å²) in [5, 5.41) is 0. The van der Waals surface area contributed by atoms with Crippen molar-refractivity contribution in [2.75, 3.05) is 25.6 Å². The Labute approximate surface area is 205 Å². The Kier molecular flexibility index (Phi) is 7.74. The van der Waals surface area contributed by atoms with Crippen LogP contribution in [-0.4, -0.2) is 31.6 Å². The second-order valence-corrected chi connectivity index (χ2v) is 10.1. The quantitative estimate of drug-likeness (QED) is 0.323. The minimum Gasteiger partial charge on any atom is -0.493 e. The molecule has 34 heavy (non-hydrogen) atoms. The third-order valence-electron chi connectivity index (χ3n) is 6.84. The van der Waals surface area contributed by atoms with Gasteiger partial charge in [-0.15, -0.1) is 0 Å². The van der Waals surface area contributed by atoms with Crippen LogP contribution in [0.5, 0.6) is 5.75 Å². The van der Waals surface area contributed by atoms with Gasteiger partial charge in [0.15, 0.2) is 0 Å². The number of allylic oxidation sites excluding steroid dienone is 2. The topological polar surface area (TPSA) is 15.7 Å². The van der Waals surface area contributed by atoms with Crippen molar-refractivity contribution in [2.45, 2.75) is 39.7 Å². The summed E-state index contributed by atoms with van der Waals surface area (Å²) in [4.78, 5) is 4.66. The molecular formula is C31H38N2O. The molecule has 1 aliphatic rings. The van der Waals surface area contributed by atoms with Crippen molar-refractivity contribution >= 4 is 17.1 Å². The van der Waals surface area contributed by atoms with Crippen molar-refractivity contribution < 1.29 is 4.74 Å². The molecule has 0 N–H and O–H groups in total. The van der Waals surface area contributed by atoms with Gasteiger partial charge in [0.05, 0.1) is 6.61 Å². The Morgan fingerprint density at radius 2 is 1.53 bits per heavy atom. The van der Waals surface area contributed by atoms with Crippen LogP contribution < -0.4 is 9.64 Å². The number of aryl methyl sites for hydroxylation is 1. The maximum atomic E-state index is 6.33. The Hall–Kier alpha value is -3.04. The van der Waals surface area contributed by atoms with Crippen LogP contribution in [0.25, 0.3) is 0 Å². The average Bonchev–Trinajstić information content (AvgIpc) is 3.22. The molecule has 0 spiro atoms. The van der Waals surface area contributed by atoms with Gasteiger partial charge in [-0.25, -0.2) is 0 Å². The van der Waals surface area contributed by atoms with Crippen LogP contribution in [0.2, 0.25) is 0 Å². The SMILES string of the molecule is CC(C)=CC1CC(N(C)C)CC1COc1ccc(N(c2ccccc2)c2cccc(C)c2)cc1. The van der Waals surface area contributed by atoms with E-state index >= 15 is 0 Å². The number of para-hydroxylation sites is 1.